The fourth-order valence-electron chi connectivity index (χ4n) is 2.34. The van der Waals surface area contributed by atoms with Crippen molar-refractivity contribution in [1.82, 2.24) is 10.3 Å². The Bertz CT molecular complexity index is 526. The van der Waals surface area contributed by atoms with Gasteiger partial charge in [0.25, 0.3) is 0 Å². The van der Waals surface area contributed by atoms with E-state index in [1.807, 2.05) is 0 Å². The molecule has 19 heavy (non-hydrogen) atoms. The number of halogens is 1. The number of pyridine rings is 1. The van der Waals surface area contributed by atoms with E-state index < -0.39 is 0 Å². The van der Waals surface area contributed by atoms with Crippen LogP contribution >= 0.6 is 15.9 Å². The molecule has 0 aromatic carbocycles. The van der Waals surface area contributed by atoms with E-state index in [4.69, 9.17) is 0 Å². The van der Waals surface area contributed by atoms with Gasteiger partial charge in [-0.3, -0.25) is 4.79 Å². The molecule has 1 aliphatic heterocycles. The van der Waals surface area contributed by atoms with Gasteiger partial charge in [-0.1, -0.05) is 0 Å². The fourth-order valence-corrected chi connectivity index (χ4v) is 2.67. The molecule has 0 radical (unpaired) electrons. The molecule has 1 atom stereocenters. The van der Waals surface area contributed by atoms with E-state index in [1.54, 1.807) is 12.3 Å². The SMILES string of the molecule is CC(=O)NC1CCCN(c2ncc(Br)cc2C#N)C1. The zero-order chi connectivity index (χ0) is 13.8. The van der Waals surface area contributed by atoms with E-state index in [0.29, 0.717) is 17.9 Å². The van der Waals surface area contributed by atoms with Crippen molar-refractivity contribution in [2.75, 3.05) is 18.0 Å². The van der Waals surface area contributed by atoms with Crippen molar-refractivity contribution in [3.8, 4) is 6.07 Å². The van der Waals surface area contributed by atoms with Gasteiger partial charge in [-0.2, -0.15) is 5.26 Å². The van der Waals surface area contributed by atoms with Crippen LogP contribution in [0.15, 0.2) is 16.7 Å². The summed E-state index contributed by atoms with van der Waals surface area (Å²) in [7, 11) is 0. The lowest BCUT2D eigenvalue weighted by Gasteiger charge is -2.34. The minimum absolute atomic E-state index is 0.0175. The van der Waals surface area contributed by atoms with Gasteiger partial charge >= 0.3 is 0 Å². The Morgan fingerprint density at radius 1 is 1.68 bits per heavy atom. The average Bonchev–Trinajstić information content (AvgIpc) is 2.38. The van der Waals surface area contributed by atoms with Crippen molar-refractivity contribution in [3.05, 3.63) is 22.3 Å². The second kappa shape index (κ2) is 6.02. The average molecular weight is 323 g/mol. The highest BCUT2D eigenvalue weighted by Gasteiger charge is 2.23. The standard InChI is InChI=1S/C13H15BrN4O/c1-9(19)17-12-3-2-4-18(8-12)13-10(6-15)5-11(14)7-16-13/h5,7,12H,2-4,8H2,1H3,(H,17,19). The van der Waals surface area contributed by atoms with Gasteiger partial charge < -0.3 is 10.2 Å². The van der Waals surface area contributed by atoms with Gasteiger partial charge in [-0.05, 0) is 34.8 Å². The lowest BCUT2D eigenvalue weighted by Crippen LogP contribution is -2.47. The summed E-state index contributed by atoms with van der Waals surface area (Å²) in [6.07, 6.45) is 3.64. The second-order valence-corrected chi connectivity index (χ2v) is 5.54. The number of hydrogen-bond acceptors (Lipinski definition) is 4. The number of hydrogen-bond donors (Lipinski definition) is 1. The van der Waals surface area contributed by atoms with Crippen molar-refractivity contribution in [2.24, 2.45) is 0 Å². The number of carbonyl (C=O) groups is 1. The van der Waals surface area contributed by atoms with Gasteiger partial charge in [-0.15, -0.1) is 0 Å². The van der Waals surface area contributed by atoms with Gasteiger partial charge in [-0.25, -0.2) is 4.98 Å². The smallest absolute Gasteiger partial charge is 0.217 e. The molecular weight excluding hydrogens is 308 g/mol. The van der Waals surface area contributed by atoms with Crippen LogP contribution in [-0.4, -0.2) is 30.0 Å². The Balaban J connectivity index is 2.17. The quantitative estimate of drug-likeness (QED) is 0.901. The summed E-state index contributed by atoms with van der Waals surface area (Å²) >= 11 is 3.32. The van der Waals surface area contributed by atoms with E-state index in [0.717, 1.165) is 23.9 Å². The fraction of sp³-hybridized carbons (Fsp3) is 0.462. The van der Waals surface area contributed by atoms with E-state index in [2.05, 4.69) is 37.2 Å². The molecule has 2 rings (SSSR count). The lowest BCUT2D eigenvalue weighted by molar-refractivity contribution is -0.119. The number of anilines is 1. The van der Waals surface area contributed by atoms with Gasteiger partial charge in [0, 0.05) is 36.7 Å². The van der Waals surface area contributed by atoms with Crippen LogP contribution in [0.25, 0.3) is 0 Å². The Morgan fingerprint density at radius 2 is 2.47 bits per heavy atom. The van der Waals surface area contributed by atoms with Crippen LogP contribution < -0.4 is 10.2 Å². The number of nitriles is 1. The molecule has 1 fully saturated rings. The summed E-state index contributed by atoms with van der Waals surface area (Å²) in [5.41, 5.74) is 0.554. The topological polar surface area (TPSA) is 69.0 Å². The second-order valence-electron chi connectivity index (χ2n) is 4.62. The first kappa shape index (κ1) is 13.8. The monoisotopic (exact) mass is 322 g/mol. The largest absolute Gasteiger partial charge is 0.353 e. The number of amides is 1. The molecule has 0 saturated carbocycles. The normalized spacial score (nSPS) is 18.8. The summed E-state index contributed by atoms with van der Waals surface area (Å²) in [5.74, 6) is 0.678. The highest BCUT2D eigenvalue weighted by molar-refractivity contribution is 9.10. The Morgan fingerprint density at radius 3 is 3.16 bits per heavy atom. The molecule has 1 aliphatic rings. The van der Waals surface area contributed by atoms with E-state index in [1.165, 1.54) is 6.92 Å². The minimum atomic E-state index is -0.0175. The maximum atomic E-state index is 11.1. The molecule has 1 N–H and O–H groups in total. The van der Waals surface area contributed by atoms with Crippen LogP contribution in [0.4, 0.5) is 5.82 Å². The van der Waals surface area contributed by atoms with Crippen LogP contribution in [0.5, 0.6) is 0 Å². The Kier molecular flexibility index (Phi) is 4.38. The van der Waals surface area contributed by atoms with E-state index in [9.17, 15) is 10.1 Å². The first-order chi connectivity index (χ1) is 9.10. The molecule has 0 aliphatic carbocycles. The minimum Gasteiger partial charge on any atom is -0.353 e. The van der Waals surface area contributed by atoms with Gasteiger partial charge in [0.15, 0.2) is 0 Å². The molecule has 5 nitrogen and oxygen atoms in total. The van der Waals surface area contributed by atoms with Crippen LogP contribution in [-0.2, 0) is 4.79 Å². The van der Waals surface area contributed by atoms with Gasteiger partial charge in [0.1, 0.15) is 11.9 Å². The van der Waals surface area contributed by atoms with Gasteiger partial charge in [0.2, 0.25) is 5.91 Å². The first-order valence-electron chi connectivity index (χ1n) is 6.18. The maximum absolute atomic E-state index is 11.1. The zero-order valence-electron chi connectivity index (χ0n) is 10.7. The predicted molar refractivity (Wildman–Crippen MR) is 75.7 cm³/mol. The van der Waals surface area contributed by atoms with Crippen molar-refractivity contribution in [3.63, 3.8) is 0 Å². The lowest BCUT2D eigenvalue weighted by atomic mass is 10.1. The molecule has 0 spiro atoms. The van der Waals surface area contributed by atoms with Crippen molar-refractivity contribution < 1.29 is 4.79 Å². The molecule has 1 unspecified atom stereocenters. The summed E-state index contributed by atoms with van der Waals surface area (Å²) in [4.78, 5) is 17.5. The van der Waals surface area contributed by atoms with Crippen LogP contribution in [0.2, 0.25) is 0 Å². The van der Waals surface area contributed by atoms with Crippen LogP contribution in [0.1, 0.15) is 25.3 Å². The molecule has 1 aromatic heterocycles. The maximum Gasteiger partial charge on any atom is 0.217 e. The van der Waals surface area contributed by atoms with Crippen molar-refractivity contribution in [2.45, 2.75) is 25.8 Å². The Hall–Kier alpha value is -1.61. The molecular formula is C13H15BrN4O. The molecule has 2 heterocycles. The third-order valence-corrected chi connectivity index (χ3v) is 3.52. The number of nitrogens with zero attached hydrogens (tertiary/aromatic N) is 3. The molecule has 0 bridgehead atoms. The van der Waals surface area contributed by atoms with Crippen LogP contribution in [0.3, 0.4) is 0 Å². The number of rotatable bonds is 2. The summed E-state index contributed by atoms with van der Waals surface area (Å²) in [6, 6.07) is 4.06. The summed E-state index contributed by atoms with van der Waals surface area (Å²) in [6.45, 7) is 3.08. The summed E-state index contributed by atoms with van der Waals surface area (Å²) < 4.78 is 0.795. The van der Waals surface area contributed by atoms with Gasteiger partial charge in [0.05, 0.1) is 5.56 Å². The highest BCUT2D eigenvalue weighted by Crippen LogP contribution is 2.24. The Labute approximate surface area is 120 Å². The number of carbonyl (C=O) groups excluding carboxylic acids is 1. The molecule has 100 valence electrons. The molecule has 6 heteroatoms. The predicted octanol–water partition coefficient (Wildman–Crippen LogP) is 1.82. The number of piperidine rings is 1. The van der Waals surface area contributed by atoms with Crippen LogP contribution in [0, 0.1) is 11.3 Å². The van der Waals surface area contributed by atoms with Crippen molar-refractivity contribution in [1.29, 1.82) is 5.26 Å². The molecule has 1 amide bonds. The van der Waals surface area contributed by atoms with E-state index >= 15 is 0 Å². The number of nitrogens with one attached hydrogen (secondary N) is 1. The third kappa shape index (κ3) is 3.44. The zero-order valence-corrected chi connectivity index (χ0v) is 12.3. The molecule has 1 aromatic rings. The molecule has 1 saturated heterocycles. The third-order valence-electron chi connectivity index (χ3n) is 3.08. The first-order valence-corrected chi connectivity index (χ1v) is 6.97. The highest BCUT2D eigenvalue weighted by atomic mass is 79.9. The number of aromatic nitrogens is 1. The van der Waals surface area contributed by atoms with E-state index in [-0.39, 0.29) is 11.9 Å². The summed E-state index contributed by atoms with van der Waals surface area (Å²) in [5, 5.41) is 12.1. The van der Waals surface area contributed by atoms with Crippen molar-refractivity contribution >= 4 is 27.7 Å².